The lowest BCUT2D eigenvalue weighted by Crippen LogP contribution is -2.30. The summed E-state index contributed by atoms with van der Waals surface area (Å²) >= 11 is 3.14. The SMILES string of the molecule is Cc1ncc(Br)c(=O)n1CCn1cc(C(=O)NN)nn1. The molecule has 0 atom stereocenters. The molecule has 0 fully saturated rings. The maximum absolute atomic E-state index is 11.9. The van der Waals surface area contributed by atoms with Crippen molar-refractivity contribution in [2.24, 2.45) is 5.84 Å². The zero-order chi connectivity index (χ0) is 14.7. The van der Waals surface area contributed by atoms with Gasteiger partial charge in [0.15, 0.2) is 5.69 Å². The van der Waals surface area contributed by atoms with E-state index in [0.717, 1.165) is 0 Å². The molecule has 0 aliphatic heterocycles. The summed E-state index contributed by atoms with van der Waals surface area (Å²) in [7, 11) is 0. The summed E-state index contributed by atoms with van der Waals surface area (Å²) in [6.45, 7) is 2.48. The molecule has 10 heteroatoms. The van der Waals surface area contributed by atoms with E-state index < -0.39 is 5.91 Å². The molecule has 0 spiro atoms. The number of amides is 1. The van der Waals surface area contributed by atoms with Crippen LogP contribution in [0.2, 0.25) is 0 Å². The predicted molar refractivity (Wildman–Crippen MR) is 72.6 cm³/mol. The first-order chi connectivity index (χ1) is 9.52. The van der Waals surface area contributed by atoms with Crippen LogP contribution >= 0.6 is 15.9 Å². The van der Waals surface area contributed by atoms with Crippen LogP contribution < -0.4 is 16.8 Å². The smallest absolute Gasteiger partial charge is 0.287 e. The first kappa shape index (κ1) is 14.3. The van der Waals surface area contributed by atoms with E-state index in [2.05, 4.69) is 31.2 Å². The minimum absolute atomic E-state index is 0.115. The van der Waals surface area contributed by atoms with Gasteiger partial charge in [0.05, 0.1) is 12.7 Å². The number of hydrogen-bond donors (Lipinski definition) is 2. The summed E-state index contributed by atoms with van der Waals surface area (Å²) in [5, 5.41) is 7.46. The third kappa shape index (κ3) is 2.91. The van der Waals surface area contributed by atoms with Crippen molar-refractivity contribution >= 4 is 21.8 Å². The number of nitrogen functional groups attached to an aromatic ring is 1. The van der Waals surface area contributed by atoms with Gasteiger partial charge < -0.3 is 0 Å². The first-order valence-corrected chi connectivity index (χ1v) is 6.45. The van der Waals surface area contributed by atoms with Gasteiger partial charge in [-0.1, -0.05) is 5.21 Å². The van der Waals surface area contributed by atoms with Crippen LogP contribution in [0.1, 0.15) is 16.3 Å². The third-order valence-corrected chi connectivity index (χ3v) is 3.20. The number of aryl methyl sites for hydroxylation is 2. The van der Waals surface area contributed by atoms with Gasteiger partial charge in [-0.3, -0.25) is 19.6 Å². The molecular formula is C10H12BrN7O2. The maximum Gasteiger partial charge on any atom is 0.287 e. The fraction of sp³-hybridized carbons (Fsp3) is 0.300. The zero-order valence-electron chi connectivity index (χ0n) is 10.6. The molecule has 0 unspecified atom stereocenters. The number of carbonyl (C=O) groups is 1. The van der Waals surface area contributed by atoms with E-state index >= 15 is 0 Å². The normalized spacial score (nSPS) is 10.6. The van der Waals surface area contributed by atoms with E-state index in [9.17, 15) is 9.59 Å². The van der Waals surface area contributed by atoms with Crippen LogP contribution in [0.15, 0.2) is 21.7 Å². The molecular weight excluding hydrogens is 330 g/mol. The van der Waals surface area contributed by atoms with Gasteiger partial charge in [-0.15, -0.1) is 5.10 Å². The predicted octanol–water partition coefficient (Wildman–Crippen LogP) is -0.791. The van der Waals surface area contributed by atoms with Crippen molar-refractivity contribution in [3.05, 3.63) is 38.7 Å². The molecule has 1 amide bonds. The lowest BCUT2D eigenvalue weighted by Gasteiger charge is -2.08. The van der Waals surface area contributed by atoms with E-state index in [1.807, 2.05) is 5.43 Å². The largest absolute Gasteiger partial charge is 0.294 e. The Bertz CT molecular complexity index is 693. The first-order valence-electron chi connectivity index (χ1n) is 5.66. The summed E-state index contributed by atoms with van der Waals surface area (Å²) in [5.41, 5.74) is 1.91. The molecule has 3 N–H and O–H groups in total. The Morgan fingerprint density at radius 1 is 1.50 bits per heavy atom. The Kier molecular flexibility index (Phi) is 4.25. The summed E-state index contributed by atoms with van der Waals surface area (Å²) in [6, 6.07) is 0. The molecule has 2 heterocycles. The van der Waals surface area contributed by atoms with Gasteiger partial charge in [0.2, 0.25) is 0 Å². The van der Waals surface area contributed by atoms with Crippen molar-refractivity contribution < 1.29 is 4.79 Å². The molecule has 2 aromatic rings. The molecule has 0 aliphatic rings. The Balaban J connectivity index is 2.13. The Labute approximate surface area is 121 Å². The number of carbonyl (C=O) groups excluding carboxylic acids is 1. The molecule has 106 valence electrons. The summed E-state index contributed by atoms with van der Waals surface area (Å²) in [4.78, 5) is 27.2. The van der Waals surface area contributed by atoms with E-state index in [0.29, 0.717) is 23.4 Å². The molecule has 0 bridgehead atoms. The highest BCUT2D eigenvalue weighted by atomic mass is 79.9. The second kappa shape index (κ2) is 5.92. The lowest BCUT2D eigenvalue weighted by molar-refractivity contribution is 0.0948. The minimum Gasteiger partial charge on any atom is -0.294 e. The van der Waals surface area contributed by atoms with Gasteiger partial charge >= 0.3 is 0 Å². The number of nitrogens with one attached hydrogen (secondary N) is 1. The van der Waals surface area contributed by atoms with Crippen LogP contribution in [0.4, 0.5) is 0 Å². The fourth-order valence-electron chi connectivity index (χ4n) is 1.60. The number of hydrazine groups is 1. The van der Waals surface area contributed by atoms with Gasteiger partial charge in [0.1, 0.15) is 10.3 Å². The van der Waals surface area contributed by atoms with E-state index in [4.69, 9.17) is 5.84 Å². The van der Waals surface area contributed by atoms with Crippen molar-refractivity contribution in [3.63, 3.8) is 0 Å². The third-order valence-electron chi connectivity index (χ3n) is 2.66. The lowest BCUT2D eigenvalue weighted by atomic mass is 10.4. The number of nitrogens with two attached hydrogens (primary N) is 1. The van der Waals surface area contributed by atoms with Crippen LogP contribution in [-0.4, -0.2) is 30.5 Å². The molecule has 2 aromatic heterocycles. The second-order valence-electron chi connectivity index (χ2n) is 3.95. The highest BCUT2D eigenvalue weighted by Gasteiger charge is 2.10. The van der Waals surface area contributed by atoms with Gasteiger partial charge in [-0.2, -0.15) is 0 Å². The van der Waals surface area contributed by atoms with Gasteiger partial charge in [-0.25, -0.2) is 15.5 Å². The van der Waals surface area contributed by atoms with Crippen molar-refractivity contribution in [1.82, 2.24) is 30.0 Å². The molecule has 20 heavy (non-hydrogen) atoms. The average molecular weight is 342 g/mol. The Morgan fingerprint density at radius 3 is 2.95 bits per heavy atom. The van der Waals surface area contributed by atoms with Crippen LogP contribution in [-0.2, 0) is 13.1 Å². The topological polar surface area (TPSA) is 121 Å². The quantitative estimate of drug-likeness (QED) is 0.427. The average Bonchev–Trinajstić information content (AvgIpc) is 2.91. The number of halogens is 1. The number of hydrogen-bond acceptors (Lipinski definition) is 6. The van der Waals surface area contributed by atoms with Crippen molar-refractivity contribution in [3.8, 4) is 0 Å². The second-order valence-corrected chi connectivity index (χ2v) is 4.80. The van der Waals surface area contributed by atoms with E-state index in [1.165, 1.54) is 21.6 Å². The van der Waals surface area contributed by atoms with Crippen molar-refractivity contribution in [1.29, 1.82) is 0 Å². The van der Waals surface area contributed by atoms with Crippen LogP contribution in [0.25, 0.3) is 0 Å². The molecule has 9 nitrogen and oxygen atoms in total. The Hall–Kier alpha value is -2.07. The van der Waals surface area contributed by atoms with Gasteiger partial charge in [0.25, 0.3) is 11.5 Å². The molecule has 0 saturated carbocycles. The van der Waals surface area contributed by atoms with Crippen molar-refractivity contribution in [2.45, 2.75) is 20.0 Å². The van der Waals surface area contributed by atoms with E-state index in [-0.39, 0.29) is 11.3 Å². The summed E-state index contributed by atoms with van der Waals surface area (Å²) < 4.78 is 3.36. The molecule has 0 aliphatic carbocycles. The number of nitrogens with zero attached hydrogens (tertiary/aromatic N) is 5. The van der Waals surface area contributed by atoms with Crippen LogP contribution in [0.3, 0.4) is 0 Å². The van der Waals surface area contributed by atoms with Gasteiger partial charge in [-0.05, 0) is 22.9 Å². The highest BCUT2D eigenvalue weighted by molar-refractivity contribution is 9.10. The molecule has 0 aromatic carbocycles. The van der Waals surface area contributed by atoms with Crippen LogP contribution in [0, 0.1) is 6.92 Å². The standard InChI is InChI=1S/C10H12BrN7O2/c1-6-13-4-7(11)10(20)18(6)3-2-17-5-8(15-16-17)9(19)14-12/h4-5H,2-3,12H2,1H3,(H,14,19). The molecule has 0 saturated heterocycles. The van der Waals surface area contributed by atoms with Crippen molar-refractivity contribution in [2.75, 3.05) is 0 Å². The molecule has 2 rings (SSSR count). The maximum atomic E-state index is 11.9. The van der Waals surface area contributed by atoms with Crippen LogP contribution in [0.5, 0.6) is 0 Å². The monoisotopic (exact) mass is 341 g/mol. The minimum atomic E-state index is -0.520. The fourth-order valence-corrected chi connectivity index (χ4v) is 1.92. The zero-order valence-corrected chi connectivity index (χ0v) is 12.2. The Morgan fingerprint density at radius 2 is 2.25 bits per heavy atom. The molecule has 0 radical (unpaired) electrons. The summed E-state index contributed by atoms with van der Waals surface area (Å²) in [5.74, 6) is 5.08. The number of rotatable bonds is 4. The number of aromatic nitrogens is 5. The highest BCUT2D eigenvalue weighted by Crippen LogP contribution is 2.02. The van der Waals surface area contributed by atoms with Gasteiger partial charge in [0, 0.05) is 12.7 Å². The van der Waals surface area contributed by atoms with E-state index in [1.54, 1.807) is 6.92 Å². The summed E-state index contributed by atoms with van der Waals surface area (Å²) in [6.07, 6.45) is 2.92.